The lowest BCUT2D eigenvalue weighted by Crippen LogP contribution is -2.27. The van der Waals surface area contributed by atoms with E-state index < -0.39 is 0 Å². The third kappa shape index (κ3) is 4.00. The van der Waals surface area contributed by atoms with Crippen LogP contribution in [-0.4, -0.2) is 28.9 Å². The second-order valence-corrected chi connectivity index (χ2v) is 6.81. The molecule has 0 aliphatic carbocycles. The Labute approximate surface area is 160 Å². The smallest absolute Gasteiger partial charge is 0.255 e. The van der Waals surface area contributed by atoms with E-state index in [4.69, 9.17) is 0 Å². The number of amides is 1. The van der Waals surface area contributed by atoms with Crippen molar-refractivity contribution in [1.29, 1.82) is 0 Å². The van der Waals surface area contributed by atoms with Crippen molar-refractivity contribution in [2.24, 2.45) is 0 Å². The summed E-state index contributed by atoms with van der Waals surface area (Å²) in [6.07, 6.45) is 3.89. The molecule has 1 aromatic heterocycles. The zero-order chi connectivity index (χ0) is 18.5. The van der Waals surface area contributed by atoms with Crippen LogP contribution in [0.25, 0.3) is 0 Å². The lowest BCUT2D eigenvalue weighted by atomic mass is 10.2. The Morgan fingerprint density at radius 3 is 2.19 bits per heavy atom. The molecule has 0 radical (unpaired) electrons. The third-order valence-corrected chi connectivity index (χ3v) is 4.92. The highest BCUT2D eigenvalue weighted by molar-refractivity contribution is 5.94. The van der Waals surface area contributed by atoms with Crippen molar-refractivity contribution >= 4 is 17.4 Å². The van der Waals surface area contributed by atoms with Gasteiger partial charge in [-0.05, 0) is 42.7 Å². The predicted molar refractivity (Wildman–Crippen MR) is 108 cm³/mol. The van der Waals surface area contributed by atoms with Crippen LogP contribution in [0.15, 0.2) is 79.0 Å². The molecule has 1 fully saturated rings. The first kappa shape index (κ1) is 17.3. The second-order valence-electron chi connectivity index (χ2n) is 6.81. The van der Waals surface area contributed by atoms with Gasteiger partial charge in [-0.25, -0.2) is 4.98 Å². The molecule has 0 bridgehead atoms. The summed E-state index contributed by atoms with van der Waals surface area (Å²) in [7, 11) is 0. The summed E-state index contributed by atoms with van der Waals surface area (Å²) < 4.78 is 0. The number of aromatic nitrogens is 1. The van der Waals surface area contributed by atoms with Crippen LogP contribution in [0.4, 0.5) is 11.5 Å². The normalized spacial score (nSPS) is 13.6. The van der Waals surface area contributed by atoms with Crippen LogP contribution in [0.3, 0.4) is 0 Å². The fourth-order valence-corrected chi connectivity index (χ4v) is 3.45. The van der Waals surface area contributed by atoms with E-state index in [9.17, 15) is 4.79 Å². The molecule has 1 saturated heterocycles. The number of hydrogen-bond acceptors (Lipinski definition) is 3. The van der Waals surface area contributed by atoms with Gasteiger partial charge in [-0.3, -0.25) is 4.79 Å². The molecule has 0 saturated carbocycles. The number of carbonyl (C=O) groups is 1. The highest BCUT2D eigenvalue weighted by atomic mass is 16.2. The number of benzene rings is 2. The fourth-order valence-electron chi connectivity index (χ4n) is 3.45. The minimum Gasteiger partial charge on any atom is -0.339 e. The van der Waals surface area contributed by atoms with Gasteiger partial charge in [0.05, 0.1) is 5.56 Å². The van der Waals surface area contributed by atoms with E-state index in [0.29, 0.717) is 5.56 Å². The zero-order valence-electron chi connectivity index (χ0n) is 15.3. The molecule has 1 aliphatic rings. The van der Waals surface area contributed by atoms with E-state index >= 15 is 0 Å². The van der Waals surface area contributed by atoms with Gasteiger partial charge in [0.1, 0.15) is 5.82 Å². The van der Waals surface area contributed by atoms with Gasteiger partial charge < -0.3 is 9.80 Å². The molecule has 1 amide bonds. The molecule has 0 N–H and O–H groups in total. The molecule has 27 heavy (non-hydrogen) atoms. The Morgan fingerprint density at radius 2 is 1.56 bits per heavy atom. The molecule has 4 heteroatoms. The van der Waals surface area contributed by atoms with Crippen LogP contribution in [0.1, 0.15) is 28.8 Å². The predicted octanol–water partition coefficient (Wildman–Crippen LogP) is 4.66. The average molecular weight is 357 g/mol. The standard InChI is InChI=1S/C23H23N3O/c27-23(25-15-7-8-16-25)20-13-14-22(24-17-20)26(21-11-5-2-6-12-21)18-19-9-3-1-4-10-19/h1-6,9-14,17H,7-8,15-16,18H2. The summed E-state index contributed by atoms with van der Waals surface area (Å²) >= 11 is 0. The Kier molecular flexibility index (Phi) is 5.15. The summed E-state index contributed by atoms with van der Waals surface area (Å²) in [4.78, 5) is 21.3. The van der Waals surface area contributed by atoms with Gasteiger partial charge in [-0.15, -0.1) is 0 Å². The second kappa shape index (κ2) is 8.04. The number of likely N-dealkylation sites (tertiary alicyclic amines) is 1. The molecule has 2 aromatic carbocycles. The largest absolute Gasteiger partial charge is 0.339 e. The molecule has 0 atom stereocenters. The van der Waals surface area contributed by atoms with E-state index in [1.807, 2.05) is 53.4 Å². The highest BCUT2D eigenvalue weighted by Crippen LogP contribution is 2.26. The molecule has 4 rings (SSSR count). The van der Waals surface area contributed by atoms with Crippen LogP contribution >= 0.6 is 0 Å². The van der Waals surface area contributed by atoms with Crippen LogP contribution in [0, 0.1) is 0 Å². The van der Waals surface area contributed by atoms with Crippen molar-refractivity contribution in [2.75, 3.05) is 18.0 Å². The van der Waals surface area contributed by atoms with Crippen LogP contribution in [0.5, 0.6) is 0 Å². The maximum Gasteiger partial charge on any atom is 0.255 e. The Bertz CT molecular complexity index is 873. The molecule has 1 aliphatic heterocycles. The molecular formula is C23H23N3O. The molecule has 4 nitrogen and oxygen atoms in total. The van der Waals surface area contributed by atoms with Gasteiger partial charge >= 0.3 is 0 Å². The quantitative estimate of drug-likeness (QED) is 0.666. The number of para-hydroxylation sites is 1. The summed E-state index contributed by atoms with van der Waals surface area (Å²) in [5.41, 5.74) is 2.95. The lowest BCUT2D eigenvalue weighted by molar-refractivity contribution is 0.0792. The number of nitrogens with zero attached hydrogens (tertiary/aromatic N) is 3. The Morgan fingerprint density at radius 1 is 0.889 bits per heavy atom. The first-order chi connectivity index (χ1) is 13.3. The lowest BCUT2D eigenvalue weighted by Gasteiger charge is -2.24. The van der Waals surface area contributed by atoms with Crippen LogP contribution in [-0.2, 0) is 6.54 Å². The molecule has 0 spiro atoms. The van der Waals surface area contributed by atoms with Gasteiger partial charge in [0, 0.05) is 31.5 Å². The number of pyridine rings is 1. The van der Waals surface area contributed by atoms with Crippen molar-refractivity contribution in [3.63, 3.8) is 0 Å². The number of hydrogen-bond donors (Lipinski definition) is 0. The fraction of sp³-hybridized carbons (Fsp3) is 0.217. The third-order valence-electron chi connectivity index (χ3n) is 4.92. The van der Waals surface area contributed by atoms with Crippen LogP contribution in [0.2, 0.25) is 0 Å². The maximum atomic E-state index is 12.6. The molecular weight excluding hydrogens is 334 g/mol. The van der Waals surface area contributed by atoms with Crippen molar-refractivity contribution in [1.82, 2.24) is 9.88 Å². The number of rotatable bonds is 5. The summed E-state index contributed by atoms with van der Waals surface area (Å²) in [5, 5.41) is 0. The van der Waals surface area contributed by atoms with Gasteiger partial charge in [0.15, 0.2) is 0 Å². The van der Waals surface area contributed by atoms with Gasteiger partial charge in [-0.2, -0.15) is 0 Å². The first-order valence-electron chi connectivity index (χ1n) is 9.43. The Hall–Kier alpha value is -3.14. The zero-order valence-corrected chi connectivity index (χ0v) is 15.3. The topological polar surface area (TPSA) is 36.4 Å². The molecule has 3 aromatic rings. The van der Waals surface area contributed by atoms with E-state index in [1.165, 1.54) is 5.56 Å². The van der Waals surface area contributed by atoms with Gasteiger partial charge in [0.2, 0.25) is 0 Å². The highest BCUT2D eigenvalue weighted by Gasteiger charge is 2.20. The first-order valence-corrected chi connectivity index (χ1v) is 9.43. The summed E-state index contributed by atoms with van der Waals surface area (Å²) in [6, 6.07) is 24.4. The average Bonchev–Trinajstić information content (AvgIpc) is 3.28. The van der Waals surface area contributed by atoms with E-state index in [2.05, 4.69) is 34.1 Å². The maximum absolute atomic E-state index is 12.6. The van der Waals surface area contributed by atoms with Crippen molar-refractivity contribution in [2.45, 2.75) is 19.4 Å². The summed E-state index contributed by atoms with van der Waals surface area (Å²) in [5.74, 6) is 0.920. The van der Waals surface area contributed by atoms with Gasteiger partial charge in [0.25, 0.3) is 5.91 Å². The van der Waals surface area contributed by atoms with Crippen molar-refractivity contribution in [3.8, 4) is 0 Å². The minimum absolute atomic E-state index is 0.0841. The van der Waals surface area contributed by atoms with E-state index in [1.54, 1.807) is 6.20 Å². The molecule has 0 unspecified atom stereocenters. The number of carbonyl (C=O) groups excluding carboxylic acids is 1. The van der Waals surface area contributed by atoms with Gasteiger partial charge in [-0.1, -0.05) is 48.5 Å². The summed E-state index contributed by atoms with van der Waals surface area (Å²) in [6.45, 7) is 2.42. The van der Waals surface area contributed by atoms with Crippen molar-refractivity contribution < 1.29 is 4.79 Å². The monoisotopic (exact) mass is 357 g/mol. The number of anilines is 2. The van der Waals surface area contributed by atoms with Crippen LogP contribution < -0.4 is 4.90 Å². The SMILES string of the molecule is O=C(c1ccc(N(Cc2ccccc2)c2ccccc2)nc1)N1CCCC1. The van der Waals surface area contributed by atoms with E-state index in [-0.39, 0.29) is 5.91 Å². The van der Waals surface area contributed by atoms with E-state index in [0.717, 1.165) is 44.0 Å². The Balaban J connectivity index is 1.60. The minimum atomic E-state index is 0.0841. The van der Waals surface area contributed by atoms with Crippen molar-refractivity contribution in [3.05, 3.63) is 90.1 Å². The molecule has 2 heterocycles. The molecule has 136 valence electrons.